The number of carbonyl (C=O) groups excluding carboxylic acids is 3. The fraction of sp³-hybridized carbons (Fsp3) is 0.882. The summed E-state index contributed by atoms with van der Waals surface area (Å²) in [5.41, 5.74) is 0. The van der Waals surface area contributed by atoms with Gasteiger partial charge in [-0.2, -0.15) is 0 Å². The molecule has 0 saturated carbocycles. The lowest BCUT2D eigenvalue weighted by atomic mass is 10.0. The maximum atomic E-state index is 13.0. The molecule has 0 aromatic rings. The zero-order valence-electron chi connectivity index (χ0n) is 55.5. The molecule has 482 valence electrons. The summed E-state index contributed by atoms with van der Waals surface area (Å²) in [7, 11) is 0. The Morgan fingerprint density at radius 1 is 0.244 bits per heavy atom. The summed E-state index contributed by atoms with van der Waals surface area (Å²) < 4.78 is 17.0. The molecule has 0 radical (unpaired) electrons. The van der Waals surface area contributed by atoms with Crippen LogP contribution >= 0.6 is 0 Å². The Morgan fingerprint density at radius 3 is 0.683 bits per heavy atom. The van der Waals surface area contributed by atoms with Crippen LogP contribution in [0.1, 0.15) is 412 Å². The normalized spacial score (nSPS) is 12.2. The van der Waals surface area contributed by atoms with Gasteiger partial charge in [0.2, 0.25) is 0 Å². The Balaban J connectivity index is 4.26. The second-order valence-electron chi connectivity index (χ2n) is 25.2. The van der Waals surface area contributed by atoms with Crippen molar-refractivity contribution in [1.82, 2.24) is 0 Å². The van der Waals surface area contributed by atoms with Crippen LogP contribution in [0.4, 0.5) is 0 Å². The van der Waals surface area contributed by atoms with E-state index in [0.29, 0.717) is 19.3 Å². The Hall–Kier alpha value is -2.37. The van der Waals surface area contributed by atoms with E-state index in [9.17, 15) is 14.4 Å². The van der Waals surface area contributed by atoms with Gasteiger partial charge in [0.1, 0.15) is 13.2 Å². The highest BCUT2D eigenvalue weighted by atomic mass is 16.6. The zero-order chi connectivity index (χ0) is 59.2. The summed E-state index contributed by atoms with van der Waals surface area (Å²) in [5.74, 6) is -0.832. The molecule has 0 heterocycles. The van der Waals surface area contributed by atoms with Crippen LogP contribution in [0, 0.1) is 0 Å². The fourth-order valence-electron chi connectivity index (χ4n) is 11.3. The van der Waals surface area contributed by atoms with Gasteiger partial charge in [0, 0.05) is 19.3 Å². The molecule has 1 atom stereocenters. The average molecular weight is 1150 g/mol. The van der Waals surface area contributed by atoms with Crippen molar-refractivity contribution >= 4 is 17.9 Å². The molecule has 0 amide bonds. The van der Waals surface area contributed by atoms with Crippen LogP contribution in [0.2, 0.25) is 0 Å². The highest BCUT2D eigenvalue weighted by Gasteiger charge is 2.20. The van der Waals surface area contributed by atoms with Gasteiger partial charge < -0.3 is 14.2 Å². The summed E-state index contributed by atoms with van der Waals surface area (Å²) in [6, 6.07) is 0. The van der Waals surface area contributed by atoms with Gasteiger partial charge in [-0.05, 0) is 57.8 Å². The van der Waals surface area contributed by atoms with Gasteiger partial charge in [0.15, 0.2) is 6.10 Å². The van der Waals surface area contributed by atoms with E-state index in [-0.39, 0.29) is 31.1 Å². The molecule has 0 rings (SSSR count). The van der Waals surface area contributed by atoms with Crippen LogP contribution in [0.25, 0.3) is 0 Å². The van der Waals surface area contributed by atoms with Crippen LogP contribution in [0.15, 0.2) is 36.5 Å². The largest absolute Gasteiger partial charge is 0.462 e. The predicted octanol–water partition coefficient (Wildman–Crippen LogP) is 25.5. The topological polar surface area (TPSA) is 78.9 Å². The minimum atomic E-state index is -0.770. The van der Waals surface area contributed by atoms with E-state index in [1.54, 1.807) is 0 Å². The molecule has 0 aromatic heterocycles. The minimum Gasteiger partial charge on any atom is -0.462 e. The SMILES string of the molecule is CCCCCCC/C=C\C/C=C\C/C=C\CCCCCCCCCCCCCCC(=O)OCC(COC(=O)CCCCCCCCCCCCCCCCCC)OC(=O)CCCCCCCCCCCCCCCCCCCCCCC. The summed E-state index contributed by atoms with van der Waals surface area (Å²) in [6.07, 6.45) is 88.9. The van der Waals surface area contributed by atoms with Gasteiger partial charge in [0.05, 0.1) is 0 Å². The number of ether oxygens (including phenoxy) is 3. The van der Waals surface area contributed by atoms with Crippen LogP contribution in [0.3, 0.4) is 0 Å². The maximum Gasteiger partial charge on any atom is 0.306 e. The van der Waals surface area contributed by atoms with Gasteiger partial charge in [0.25, 0.3) is 0 Å². The molecule has 0 N–H and O–H groups in total. The van der Waals surface area contributed by atoms with Crippen molar-refractivity contribution in [3.05, 3.63) is 36.5 Å². The summed E-state index contributed by atoms with van der Waals surface area (Å²) in [6.45, 7) is 6.72. The number of carbonyl (C=O) groups is 3. The monoisotopic (exact) mass is 1150 g/mol. The molecular weight excluding hydrogens is 1010 g/mol. The first kappa shape index (κ1) is 79.6. The molecule has 0 bridgehead atoms. The highest BCUT2D eigenvalue weighted by molar-refractivity contribution is 5.71. The van der Waals surface area contributed by atoms with E-state index in [1.165, 1.54) is 302 Å². The maximum absolute atomic E-state index is 13.0. The Labute approximate surface area is 512 Å². The fourth-order valence-corrected chi connectivity index (χ4v) is 11.3. The van der Waals surface area contributed by atoms with Crippen molar-refractivity contribution in [2.75, 3.05) is 13.2 Å². The number of allylic oxidation sites excluding steroid dienone is 6. The van der Waals surface area contributed by atoms with Gasteiger partial charge in [-0.1, -0.05) is 372 Å². The van der Waals surface area contributed by atoms with Crippen molar-refractivity contribution in [1.29, 1.82) is 0 Å². The molecule has 0 aliphatic rings. The molecule has 0 fully saturated rings. The Bertz CT molecular complexity index is 1370. The molecule has 82 heavy (non-hydrogen) atoms. The van der Waals surface area contributed by atoms with Crippen LogP contribution in [0.5, 0.6) is 0 Å². The number of esters is 3. The van der Waals surface area contributed by atoms with Gasteiger partial charge in [-0.15, -0.1) is 0 Å². The molecule has 1 unspecified atom stereocenters. The second kappa shape index (κ2) is 71.1. The smallest absolute Gasteiger partial charge is 0.306 e. The van der Waals surface area contributed by atoms with Crippen LogP contribution < -0.4 is 0 Å². The van der Waals surface area contributed by atoms with E-state index in [0.717, 1.165) is 70.6 Å². The predicted molar refractivity (Wildman–Crippen MR) is 358 cm³/mol. The first-order valence-corrected chi connectivity index (χ1v) is 37.0. The van der Waals surface area contributed by atoms with Gasteiger partial charge >= 0.3 is 17.9 Å². The van der Waals surface area contributed by atoms with Crippen molar-refractivity contribution < 1.29 is 28.6 Å². The number of unbranched alkanes of at least 4 members (excludes halogenated alkanes) is 52. The summed E-state index contributed by atoms with van der Waals surface area (Å²) >= 11 is 0. The van der Waals surface area contributed by atoms with Crippen molar-refractivity contribution in [3.8, 4) is 0 Å². The molecule has 0 spiro atoms. The molecule has 0 aliphatic carbocycles. The third-order valence-corrected chi connectivity index (χ3v) is 16.9. The minimum absolute atomic E-state index is 0.0656. The second-order valence-corrected chi connectivity index (χ2v) is 25.2. The lowest BCUT2D eigenvalue weighted by Gasteiger charge is -2.18. The third-order valence-electron chi connectivity index (χ3n) is 16.9. The average Bonchev–Trinajstić information content (AvgIpc) is 3.47. The van der Waals surface area contributed by atoms with Crippen LogP contribution in [-0.2, 0) is 28.6 Å². The van der Waals surface area contributed by atoms with Crippen molar-refractivity contribution in [2.24, 2.45) is 0 Å². The first-order valence-electron chi connectivity index (χ1n) is 37.0. The van der Waals surface area contributed by atoms with Crippen molar-refractivity contribution in [3.63, 3.8) is 0 Å². The molecule has 0 aliphatic heterocycles. The molecule has 0 saturated heterocycles. The van der Waals surface area contributed by atoms with E-state index >= 15 is 0 Å². The standard InChI is InChI=1S/C76H142O6/c1-4-7-10-13-16-19-22-25-28-31-33-35-36-37-38-39-40-42-43-45-48-51-54-57-60-63-66-69-75(78)81-72-73(71-80-74(77)68-65-62-59-56-53-50-47-30-27-24-21-18-15-12-9-6-3)82-76(79)70-67-64-61-58-55-52-49-46-44-41-34-32-29-26-23-20-17-14-11-8-5-2/h22,25,31,33,36-37,73H,4-21,23-24,26-30,32,34-35,38-72H2,1-3H3/b25-22-,33-31-,37-36-. The van der Waals surface area contributed by atoms with E-state index < -0.39 is 6.10 Å². The lowest BCUT2D eigenvalue weighted by molar-refractivity contribution is -0.167. The van der Waals surface area contributed by atoms with E-state index in [1.807, 2.05) is 0 Å². The van der Waals surface area contributed by atoms with Crippen molar-refractivity contribution in [2.45, 2.75) is 419 Å². The summed E-state index contributed by atoms with van der Waals surface area (Å²) in [4.78, 5) is 38.5. The Morgan fingerprint density at radius 2 is 0.439 bits per heavy atom. The van der Waals surface area contributed by atoms with E-state index in [4.69, 9.17) is 14.2 Å². The van der Waals surface area contributed by atoms with Gasteiger partial charge in [-0.3, -0.25) is 14.4 Å². The molecule has 6 heteroatoms. The zero-order valence-corrected chi connectivity index (χ0v) is 55.5. The Kier molecular flexibility index (Phi) is 69.1. The number of hydrogen-bond donors (Lipinski definition) is 0. The highest BCUT2D eigenvalue weighted by Crippen LogP contribution is 2.19. The number of hydrogen-bond acceptors (Lipinski definition) is 6. The van der Waals surface area contributed by atoms with Crippen LogP contribution in [-0.4, -0.2) is 37.2 Å². The summed E-state index contributed by atoms with van der Waals surface area (Å²) in [5, 5.41) is 0. The van der Waals surface area contributed by atoms with E-state index in [2.05, 4.69) is 57.2 Å². The van der Waals surface area contributed by atoms with Gasteiger partial charge in [-0.25, -0.2) is 0 Å². The molecular formula is C76H142O6. The third kappa shape index (κ3) is 68.4. The lowest BCUT2D eigenvalue weighted by Crippen LogP contribution is -2.30. The quantitative estimate of drug-likeness (QED) is 0.0261. The molecule has 6 nitrogen and oxygen atoms in total. The number of rotatable bonds is 69. The first-order chi connectivity index (χ1) is 40.5. The molecule has 0 aromatic carbocycles.